The third kappa shape index (κ3) is 7.74. The Labute approximate surface area is 282 Å². The van der Waals surface area contributed by atoms with Crippen molar-refractivity contribution in [2.45, 2.75) is 177 Å². The van der Waals surface area contributed by atoms with Crippen LogP contribution < -0.4 is 4.74 Å². The van der Waals surface area contributed by atoms with Gasteiger partial charge in [0.2, 0.25) is 5.78 Å². The van der Waals surface area contributed by atoms with Gasteiger partial charge in [-0.15, -0.1) is 0 Å². The minimum absolute atomic E-state index is 0.0494. The third-order valence-corrected chi connectivity index (χ3v) is 11.8. The van der Waals surface area contributed by atoms with Gasteiger partial charge in [0, 0.05) is 22.1 Å². The van der Waals surface area contributed by atoms with Crippen LogP contribution in [-0.4, -0.2) is 22.3 Å². The lowest BCUT2D eigenvalue weighted by atomic mass is 9.74. The van der Waals surface area contributed by atoms with Crippen molar-refractivity contribution in [1.82, 2.24) is 0 Å². The van der Waals surface area contributed by atoms with E-state index in [1.165, 1.54) is 0 Å². The fourth-order valence-corrected chi connectivity index (χ4v) is 6.32. The summed E-state index contributed by atoms with van der Waals surface area (Å²) in [7, 11) is 0. The molecule has 0 aromatic heterocycles. The molecule has 1 N–H and O–H groups in total. The number of rotatable bonds is 18. The largest absolute Gasteiger partial charge is 0.507 e. The maximum absolute atomic E-state index is 14.9. The Kier molecular flexibility index (Phi) is 13.7. The maximum atomic E-state index is 14.9. The van der Waals surface area contributed by atoms with Crippen LogP contribution in [-0.2, 0) is 5.41 Å². The van der Waals surface area contributed by atoms with E-state index in [1.807, 2.05) is 26.0 Å². The average Bonchev–Trinajstić information content (AvgIpc) is 3.08. The van der Waals surface area contributed by atoms with E-state index in [-0.39, 0.29) is 34.7 Å². The predicted molar refractivity (Wildman–Crippen MR) is 195 cm³/mol. The lowest BCUT2D eigenvalue weighted by Crippen LogP contribution is -2.44. The molecule has 0 saturated heterocycles. The minimum Gasteiger partial charge on any atom is -0.507 e. The summed E-state index contributed by atoms with van der Waals surface area (Å²) in [5, 5.41) is 11.3. The molecule has 0 fully saturated rings. The van der Waals surface area contributed by atoms with Crippen LogP contribution in [0.25, 0.3) is 0 Å². The van der Waals surface area contributed by atoms with E-state index in [0.29, 0.717) is 24.2 Å². The second-order valence-electron chi connectivity index (χ2n) is 14.8. The van der Waals surface area contributed by atoms with Gasteiger partial charge in [-0.25, -0.2) is 0 Å². The van der Waals surface area contributed by atoms with Crippen LogP contribution in [0.2, 0.25) is 0 Å². The molecule has 4 nitrogen and oxygen atoms in total. The summed E-state index contributed by atoms with van der Waals surface area (Å²) in [6.45, 7) is 29.7. The van der Waals surface area contributed by atoms with E-state index in [0.717, 1.165) is 72.1 Å². The van der Waals surface area contributed by atoms with Crippen LogP contribution in [0, 0.1) is 5.41 Å². The van der Waals surface area contributed by atoms with Crippen LogP contribution in [0.3, 0.4) is 0 Å². The molecule has 0 spiro atoms. The summed E-state index contributed by atoms with van der Waals surface area (Å²) in [6, 6.07) is 7.95. The van der Waals surface area contributed by atoms with Gasteiger partial charge < -0.3 is 9.84 Å². The molecule has 0 aliphatic rings. The monoisotopic (exact) mass is 634 g/mol. The highest BCUT2D eigenvalue weighted by molar-refractivity contribution is 6.03. The normalized spacial score (nSPS) is 14.6. The molecule has 0 amide bonds. The van der Waals surface area contributed by atoms with Crippen molar-refractivity contribution in [3.8, 4) is 11.5 Å². The first-order valence-electron chi connectivity index (χ1n) is 18.3. The number of aromatic hydroxyl groups is 1. The van der Waals surface area contributed by atoms with E-state index in [1.54, 1.807) is 0 Å². The second-order valence-corrected chi connectivity index (χ2v) is 14.8. The number of phenols is 1. The first kappa shape index (κ1) is 39.6. The van der Waals surface area contributed by atoms with Gasteiger partial charge in [-0.3, -0.25) is 9.59 Å². The standard InChI is InChI=1S/C42H66O4/c1-15-27(9)32-23-30(24-33(36(32)43)28(10)16-2)39(45)42(21-7,22-8)46-37-34(29(11)17-3)25-31(26-35(37)40(12,13)18-4)38(44)41(14,19-5)20-6/h23-29,43H,15-22H2,1-14H3. The number of benzene rings is 2. The molecule has 3 unspecified atom stereocenters. The average molecular weight is 635 g/mol. The van der Waals surface area contributed by atoms with Crippen LogP contribution in [0.4, 0.5) is 0 Å². The first-order valence-corrected chi connectivity index (χ1v) is 18.3. The molecule has 2 aromatic carbocycles. The Morgan fingerprint density at radius 2 is 1.04 bits per heavy atom. The highest BCUT2D eigenvalue weighted by Gasteiger charge is 2.42. The minimum atomic E-state index is -1.11. The number of carbonyl (C=O) groups excluding carboxylic acids is 2. The third-order valence-electron chi connectivity index (χ3n) is 11.8. The Hall–Kier alpha value is -2.62. The Morgan fingerprint density at radius 3 is 1.43 bits per heavy atom. The zero-order valence-electron chi connectivity index (χ0n) is 31.9. The van der Waals surface area contributed by atoms with Crippen molar-refractivity contribution < 1.29 is 19.4 Å². The molecule has 0 aliphatic heterocycles. The molecular weight excluding hydrogens is 568 g/mol. The number of ether oxygens (including phenoxy) is 1. The molecular formula is C42H66O4. The Balaban J connectivity index is 2.97. The van der Waals surface area contributed by atoms with Crippen molar-refractivity contribution >= 4 is 11.6 Å². The van der Waals surface area contributed by atoms with E-state index in [4.69, 9.17) is 4.74 Å². The SMILES string of the molecule is CCC(C)c1cc(C(=O)C(CC)(CC)Oc2c(C(C)CC)cc(C(=O)C(C)(CC)CC)cc2C(C)(C)CC)cc(C(C)CC)c1O. The van der Waals surface area contributed by atoms with Gasteiger partial charge in [-0.2, -0.15) is 0 Å². The molecule has 2 aromatic rings. The number of phenolic OH excluding ortho intramolecular Hbond substituents is 1. The number of carbonyl (C=O) groups is 2. The molecule has 0 bridgehead atoms. The summed E-state index contributed by atoms with van der Waals surface area (Å²) in [5.41, 5.74) is 3.17. The van der Waals surface area contributed by atoms with E-state index >= 15 is 0 Å². The Bertz CT molecular complexity index is 1310. The fourth-order valence-electron chi connectivity index (χ4n) is 6.32. The quantitative estimate of drug-likeness (QED) is 0.166. The van der Waals surface area contributed by atoms with Crippen molar-refractivity contribution in [3.63, 3.8) is 0 Å². The summed E-state index contributed by atoms with van der Waals surface area (Å²) < 4.78 is 7.22. The molecule has 258 valence electrons. The number of hydrogen-bond donors (Lipinski definition) is 1. The van der Waals surface area contributed by atoms with Crippen molar-refractivity contribution in [3.05, 3.63) is 57.6 Å². The maximum Gasteiger partial charge on any atom is 0.206 e. The number of Topliss-reactive ketones (excluding diaryl/α,β-unsaturated/α-hetero) is 2. The summed E-state index contributed by atoms with van der Waals surface area (Å²) in [5.74, 6) is 1.56. The molecule has 3 atom stereocenters. The lowest BCUT2D eigenvalue weighted by Gasteiger charge is -2.37. The number of ketones is 2. The van der Waals surface area contributed by atoms with Gasteiger partial charge in [-0.05, 0) is 115 Å². The van der Waals surface area contributed by atoms with E-state index in [2.05, 4.69) is 95.2 Å². The molecule has 2 rings (SSSR count). The van der Waals surface area contributed by atoms with Gasteiger partial charge >= 0.3 is 0 Å². The smallest absolute Gasteiger partial charge is 0.206 e. The van der Waals surface area contributed by atoms with Crippen LogP contribution >= 0.6 is 0 Å². The second kappa shape index (κ2) is 16.0. The molecule has 4 heteroatoms. The van der Waals surface area contributed by atoms with Crippen molar-refractivity contribution in [2.24, 2.45) is 5.41 Å². The van der Waals surface area contributed by atoms with Gasteiger partial charge in [0.1, 0.15) is 11.5 Å². The van der Waals surface area contributed by atoms with E-state index < -0.39 is 11.0 Å². The summed E-state index contributed by atoms with van der Waals surface area (Å²) in [4.78, 5) is 29.0. The molecule has 46 heavy (non-hydrogen) atoms. The molecule has 0 radical (unpaired) electrons. The summed E-state index contributed by atoms with van der Waals surface area (Å²) in [6.07, 6.45) is 6.01. The first-order chi connectivity index (χ1) is 21.5. The highest BCUT2D eigenvalue weighted by Crippen LogP contribution is 2.46. The summed E-state index contributed by atoms with van der Waals surface area (Å²) >= 11 is 0. The van der Waals surface area contributed by atoms with Crippen LogP contribution in [0.15, 0.2) is 24.3 Å². The number of hydrogen-bond acceptors (Lipinski definition) is 4. The predicted octanol–water partition coefficient (Wildman–Crippen LogP) is 12.4. The van der Waals surface area contributed by atoms with Gasteiger partial charge in [-0.1, -0.05) is 96.9 Å². The fraction of sp³-hybridized carbons (Fsp3) is 0.667. The van der Waals surface area contributed by atoms with Crippen molar-refractivity contribution in [2.75, 3.05) is 0 Å². The van der Waals surface area contributed by atoms with Gasteiger partial charge in [0.25, 0.3) is 0 Å². The molecule has 0 heterocycles. The zero-order chi connectivity index (χ0) is 35.2. The van der Waals surface area contributed by atoms with Gasteiger partial charge in [0.05, 0.1) is 0 Å². The van der Waals surface area contributed by atoms with Gasteiger partial charge in [0.15, 0.2) is 11.4 Å². The molecule has 0 aliphatic carbocycles. The van der Waals surface area contributed by atoms with E-state index in [9.17, 15) is 14.7 Å². The zero-order valence-corrected chi connectivity index (χ0v) is 31.9. The topological polar surface area (TPSA) is 63.6 Å². The lowest BCUT2D eigenvalue weighted by molar-refractivity contribution is 0.0395. The highest BCUT2D eigenvalue weighted by atomic mass is 16.5. The van der Waals surface area contributed by atoms with Crippen LogP contribution in [0.5, 0.6) is 11.5 Å². The van der Waals surface area contributed by atoms with Crippen LogP contribution in [0.1, 0.15) is 209 Å². The Morgan fingerprint density at radius 1 is 0.630 bits per heavy atom. The molecule has 0 saturated carbocycles. The van der Waals surface area contributed by atoms with Crippen molar-refractivity contribution in [1.29, 1.82) is 0 Å².